The van der Waals surface area contributed by atoms with E-state index in [-0.39, 0.29) is 11.4 Å². The Bertz CT molecular complexity index is 646. The summed E-state index contributed by atoms with van der Waals surface area (Å²) in [5, 5.41) is 11.6. The molecule has 2 heterocycles. The van der Waals surface area contributed by atoms with E-state index in [4.69, 9.17) is 5.11 Å². The van der Waals surface area contributed by atoms with Crippen molar-refractivity contribution < 1.29 is 14.7 Å². The van der Waals surface area contributed by atoms with Crippen LogP contribution in [0, 0.1) is 0 Å². The van der Waals surface area contributed by atoms with Gasteiger partial charge in [-0.25, -0.2) is 14.6 Å². The summed E-state index contributed by atoms with van der Waals surface area (Å²) in [6.07, 6.45) is 4.67. The lowest BCUT2D eigenvalue weighted by Crippen LogP contribution is -2.31. The van der Waals surface area contributed by atoms with Gasteiger partial charge in [-0.3, -0.25) is 4.98 Å². The number of urea groups is 1. The summed E-state index contributed by atoms with van der Waals surface area (Å²) in [6, 6.07) is 6.26. The van der Waals surface area contributed by atoms with Gasteiger partial charge in [0.05, 0.1) is 5.69 Å². The van der Waals surface area contributed by atoms with Crippen LogP contribution in [0.4, 0.5) is 10.5 Å². The summed E-state index contributed by atoms with van der Waals surface area (Å²) in [5.74, 6) is -1.19. The third kappa shape index (κ3) is 3.75. The van der Waals surface area contributed by atoms with Gasteiger partial charge in [0.2, 0.25) is 0 Å². The Morgan fingerprint density at radius 2 is 2.05 bits per heavy atom. The second-order valence-corrected chi connectivity index (χ2v) is 4.35. The molecule has 0 aliphatic heterocycles. The minimum absolute atomic E-state index is 0.160. The second kappa shape index (κ2) is 6.47. The van der Waals surface area contributed by atoms with E-state index in [1.165, 1.54) is 17.2 Å². The fourth-order valence-corrected chi connectivity index (χ4v) is 1.72. The third-order valence-corrected chi connectivity index (χ3v) is 2.74. The molecule has 108 valence electrons. The van der Waals surface area contributed by atoms with Crippen LogP contribution < -0.4 is 5.32 Å². The second-order valence-electron chi connectivity index (χ2n) is 4.35. The van der Waals surface area contributed by atoms with Gasteiger partial charge in [0.15, 0.2) is 5.69 Å². The highest BCUT2D eigenvalue weighted by Crippen LogP contribution is 2.13. The number of hydrogen-bond acceptors (Lipinski definition) is 4. The standard InChI is InChI=1S/C14H14N4O3/c1-18(9-10-4-2-6-15-8-10)14(21)17-11-5-3-7-16-12(11)13(19)20/h2-8H,9H2,1H3,(H,17,21)(H,19,20). The van der Waals surface area contributed by atoms with Crippen LogP contribution in [0.25, 0.3) is 0 Å². The highest BCUT2D eigenvalue weighted by Gasteiger charge is 2.15. The molecule has 2 amide bonds. The molecule has 2 N–H and O–H groups in total. The van der Waals surface area contributed by atoms with E-state index in [0.29, 0.717) is 6.54 Å². The van der Waals surface area contributed by atoms with Gasteiger partial charge in [-0.05, 0) is 23.8 Å². The predicted octanol–water partition coefficient (Wildman–Crippen LogP) is 1.84. The molecule has 0 saturated carbocycles. The molecular weight excluding hydrogens is 272 g/mol. The number of nitrogens with one attached hydrogen (secondary N) is 1. The molecule has 0 aliphatic carbocycles. The molecule has 7 nitrogen and oxygen atoms in total. The first-order chi connectivity index (χ1) is 10.1. The predicted molar refractivity (Wildman–Crippen MR) is 75.9 cm³/mol. The number of anilines is 1. The number of pyridine rings is 2. The Kier molecular flexibility index (Phi) is 4.45. The number of amides is 2. The summed E-state index contributed by atoms with van der Waals surface area (Å²) < 4.78 is 0. The average Bonchev–Trinajstić information content (AvgIpc) is 2.48. The van der Waals surface area contributed by atoms with Crippen molar-refractivity contribution in [3.05, 3.63) is 54.1 Å². The number of aromatic nitrogens is 2. The molecule has 0 bridgehead atoms. The molecule has 2 rings (SSSR count). The van der Waals surface area contributed by atoms with Crippen LogP contribution in [0.2, 0.25) is 0 Å². The highest BCUT2D eigenvalue weighted by molar-refractivity contribution is 5.98. The number of aromatic carboxylic acids is 1. The molecule has 0 spiro atoms. The van der Waals surface area contributed by atoms with Crippen molar-refractivity contribution in [3.63, 3.8) is 0 Å². The van der Waals surface area contributed by atoms with Gasteiger partial charge in [-0.2, -0.15) is 0 Å². The van der Waals surface area contributed by atoms with Crippen LogP contribution in [-0.4, -0.2) is 39.0 Å². The van der Waals surface area contributed by atoms with Crippen LogP contribution in [0.3, 0.4) is 0 Å². The first-order valence-corrected chi connectivity index (χ1v) is 6.17. The van der Waals surface area contributed by atoms with Gasteiger partial charge >= 0.3 is 12.0 Å². The molecule has 2 aromatic heterocycles. The fourth-order valence-electron chi connectivity index (χ4n) is 1.72. The SMILES string of the molecule is CN(Cc1cccnc1)C(=O)Nc1cccnc1C(=O)O. The van der Waals surface area contributed by atoms with E-state index in [2.05, 4.69) is 15.3 Å². The molecule has 0 aliphatic rings. The van der Waals surface area contributed by atoms with E-state index < -0.39 is 12.0 Å². The van der Waals surface area contributed by atoms with Gasteiger partial charge in [-0.15, -0.1) is 0 Å². The highest BCUT2D eigenvalue weighted by atomic mass is 16.4. The Hall–Kier alpha value is -2.96. The van der Waals surface area contributed by atoms with E-state index in [0.717, 1.165) is 5.56 Å². The molecule has 7 heteroatoms. The van der Waals surface area contributed by atoms with Crippen molar-refractivity contribution in [2.24, 2.45) is 0 Å². The monoisotopic (exact) mass is 286 g/mol. The summed E-state index contributed by atoms with van der Waals surface area (Å²) in [4.78, 5) is 32.2. The molecule has 0 radical (unpaired) electrons. The summed E-state index contributed by atoms with van der Waals surface area (Å²) in [5.41, 5.74) is 0.841. The minimum Gasteiger partial charge on any atom is -0.476 e. The van der Waals surface area contributed by atoms with Gasteiger partial charge in [0.25, 0.3) is 0 Å². The zero-order valence-corrected chi connectivity index (χ0v) is 11.4. The van der Waals surface area contributed by atoms with Gasteiger partial charge < -0.3 is 15.3 Å². The van der Waals surface area contributed by atoms with Gasteiger partial charge in [-0.1, -0.05) is 6.07 Å². The number of carbonyl (C=O) groups is 2. The van der Waals surface area contributed by atoms with E-state index in [1.54, 1.807) is 31.6 Å². The van der Waals surface area contributed by atoms with Crippen molar-refractivity contribution in [2.75, 3.05) is 12.4 Å². The normalized spacial score (nSPS) is 9.95. The van der Waals surface area contributed by atoms with E-state index in [9.17, 15) is 9.59 Å². The Morgan fingerprint density at radius 1 is 1.29 bits per heavy atom. The number of hydrogen-bond donors (Lipinski definition) is 2. The molecule has 0 fully saturated rings. The number of carboxylic acids is 1. The maximum absolute atomic E-state index is 12.1. The quantitative estimate of drug-likeness (QED) is 0.894. The van der Waals surface area contributed by atoms with Gasteiger partial charge in [0, 0.05) is 32.2 Å². The van der Waals surface area contributed by atoms with Crippen LogP contribution in [-0.2, 0) is 6.54 Å². The lowest BCUT2D eigenvalue weighted by Gasteiger charge is -2.18. The molecule has 0 atom stereocenters. The van der Waals surface area contributed by atoms with Crippen LogP contribution in [0.5, 0.6) is 0 Å². The Balaban J connectivity index is 2.06. The third-order valence-electron chi connectivity index (χ3n) is 2.74. The summed E-state index contributed by atoms with van der Waals surface area (Å²) >= 11 is 0. The maximum Gasteiger partial charge on any atom is 0.356 e. The first kappa shape index (κ1) is 14.4. The summed E-state index contributed by atoms with van der Waals surface area (Å²) in [7, 11) is 1.61. The molecule has 0 aromatic carbocycles. The Labute approximate surface area is 121 Å². The van der Waals surface area contributed by atoms with Crippen LogP contribution in [0.15, 0.2) is 42.9 Å². The van der Waals surface area contributed by atoms with Crippen molar-refractivity contribution in [2.45, 2.75) is 6.54 Å². The lowest BCUT2D eigenvalue weighted by atomic mass is 10.2. The zero-order valence-electron chi connectivity index (χ0n) is 11.4. The smallest absolute Gasteiger partial charge is 0.356 e. The molecule has 0 saturated heterocycles. The minimum atomic E-state index is -1.19. The largest absolute Gasteiger partial charge is 0.476 e. The van der Waals surface area contributed by atoms with Crippen LogP contribution in [0.1, 0.15) is 16.1 Å². The van der Waals surface area contributed by atoms with Crippen LogP contribution >= 0.6 is 0 Å². The number of rotatable bonds is 4. The van der Waals surface area contributed by atoms with Crippen molar-refractivity contribution in [3.8, 4) is 0 Å². The lowest BCUT2D eigenvalue weighted by molar-refractivity contribution is 0.0691. The number of nitrogens with zero attached hydrogens (tertiary/aromatic N) is 3. The molecule has 21 heavy (non-hydrogen) atoms. The fraction of sp³-hybridized carbons (Fsp3) is 0.143. The average molecular weight is 286 g/mol. The van der Waals surface area contributed by atoms with Gasteiger partial charge in [0.1, 0.15) is 0 Å². The topological polar surface area (TPSA) is 95.4 Å². The summed E-state index contributed by atoms with van der Waals surface area (Å²) in [6.45, 7) is 0.363. The number of carboxylic acid groups (broad SMARTS) is 1. The van der Waals surface area contributed by atoms with E-state index >= 15 is 0 Å². The molecule has 0 unspecified atom stereocenters. The van der Waals surface area contributed by atoms with E-state index in [1.807, 2.05) is 6.07 Å². The zero-order chi connectivity index (χ0) is 15.2. The molecular formula is C14H14N4O3. The number of carbonyl (C=O) groups excluding carboxylic acids is 1. The maximum atomic E-state index is 12.1. The molecule has 2 aromatic rings. The van der Waals surface area contributed by atoms with Crippen molar-refractivity contribution in [1.29, 1.82) is 0 Å². The van der Waals surface area contributed by atoms with Crippen molar-refractivity contribution in [1.82, 2.24) is 14.9 Å². The van der Waals surface area contributed by atoms with Crippen molar-refractivity contribution >= 4 is 17.7 Å². The first-order valence-electron chi connectivity index (χ1n) is 6.17. The Morgan fingerprint density at radius 3 is 2.71 bits per heavy atom.